The van der Waals surface area contributed by atoms with E-state index < -0.39 is 0 Å². The first-order valence-electron chi connectivity index (χ1n) is 6.06. The van der Waals surface area contributed by atoms with Crippen LogP contribution in [0.1, 0.15) is 5.89 Å². The van der Waals surface area contributed by atoms with Crippen LogP contribution in [0.2, 0.25) is 0 Å². The fraction of sp³-hybridized carbons (Fsp3) is 0.385. The third-order valence-corrected chi connectivity index (χ3v) is 2.76. The molecule has 0 unspecified atom stereocenters. The third-order valence-electron chi connectivity index (χ3n) is 2.76. The molecule has 20 heavy (non-hydrogen) atoms. The van der Waals surface area contributed by atoms with E-state index >= 15 is 0 Å². The molecule has 7 heteroatoms. The van der Waals surface area contributed by atoms with Crippen LogP contribution in [0.15, 0.2) is 16.5 Å². The summed E-state index contributed by atoms with van der Waals surface area (Å²) in [5, 5.41) is 7.93. The van der Waals surface area contributed by atoms with Gasteiger partial charge in [-0.15, -0.1) is 10.2 Å². The van der Waals surface area contributed by atoms with Crippen molar-refractivity contribution in [3.8, 4) is 28.7 Å². The van der Waals surface area contributed by atoms with Crippen molar-refractivity contribution in [3.63, 3.8) is 0 Å². The number of benzene rings is 1. The quantitative estimate of drug-likeness (QED) is 0.850. The second-order valence-corrected chi connectivity index (χ2v) is 3.95. The summed E-state index contributed by atoms with van der Waals surface area (Å²) in [4.78, 5) is 0. The van der Waals surface area contributed by atoms with Crippen LogP contribution in [0.5, 0.6) is 17.2 Å². The Kier molecular flexibility index (Phi) is 4.41. The zero-order chi connectivity index (χ0) is 14.5. The predicted octanol–water partition coefficient (Wildman–Crippen LogP) is 1.26. The van der Waals surface area contributed by atoms with Crippen LogP contribution in [0.3, 0.4) is 0 Å². The highest BCUT2D eigenvalue weighted by Crippen LogP contribution is 2.39. The molecule has 2 rings (SSSR count). The maximum atomic E-state index is 5.55. The lowest BCUT2D eigenvalue weighted by Crippen LogP contribution is -2.02. The maximum absolute atomic E-state index is 5.55. The number of ether oxygens (including phenoxy) is 3. The molecule has 0 aliphatic rings. The standard InChI is InChI=1S/C13H17N3O4/c1-17-9-7-11(19-3)10(18-2)6-8(9)13-16-15-12(20-13)4-5-14/h6-7H,4-5,14H2,1-3H3. The van der Waals surface area contributed by atoms with Crippen molar-refractivity contribution in [1.29, 1.82) is 0 Å². The lowest BCUT2D eigenvalue weighted by Gasteiger charge is -2.11. The summed E-state index contributed by atoms with van der Waals surface area (Å²) in [5.74, 6) is 2.52. The fourth-order valence-electron chi connectivity index (χ4n) is 1.78. The summed E-state index contributed by atoms with van der Waals surface area (Å²) in [5.41, 5.74) is 6.10. The van der Waals surface area contributed by atoms with Crippen molar-refractivity contribution in [1.82, 2.24) is 10.2 Å². The molecule has 0 fully saturated rings. The Balaban J connectivity index is 2.47. The van der Waals surface area contributed by atoms with Gasteiger partial charge in [0.15, 0.2) is 11.5 Å². The van der Waals surface area contributed by atoms with Crippen molar-refractivity contribution < 1.29 is 18.6 Å². The van der Waals surface area contributed by atoms with E-state index in [-0.39, 0.29) is 0 Å². The number of aromatic nitrogens is 2. The van der Waals surface area contributed by atoms with Crippen LogP contribution in [-0.2, 0) is 6.42 Å². The second kappa shape index (κ2) is 6.25. The van der Waals surface area contributed by atoms with E-state index in [4.69, 9.17) is 24.4 Å². The molecule has 0 bridgehead atoms. The SMILES string of the molecule is COc1cc(OC)c(-c2nnc(CCN)o2)cc1OC. The van der Waals surface area contributed by atoms with E-state index in [1.807, 2.05) is 0 Å². The number of hydrogen-bond donors (Lipinski definition) is 1. The van der Waals surface area contributed by atoms with Gasteiger partial charge in [0.2, 0.25) is 5.89 Å². The normalized spacial score (nSPS) is 10.4. The zero-order valence-corrected chi connectivity index (χ0v) is 11.7. The van der Waals surface area contributed by atoms with E-state index in [1.165, 1.54) is 0 Å². The summed E-state index contributed by atoms with van der Waals surface area (Å²) >= 11 is 0. The minimum Gasteiger partial charge on any atom is -0.496 e. The second-order valence-electron chi connectivity index (χ2n) is 3.95. The Morgan fingerprint density at radius 1 is 1.00 bits per heavy atom. The van der Waals surface area contributed by atoms with Crippen molar-refractivity contribution in [2.45, 2.75) is 6.42 Å². The van der Waals surface area contributed by atoms with Gasteiger partial charge < -0.3 is 24.4 Å². The van der Waals surface area contributed by atoms with Gasteiger partial charge in [-0.2, -0.15) is 0 Å². The Morgan fingerprint density at radius 3 is 2.25 bits per heavy atom. The molecule has 108 valence electrons. The van der Waals surface area contributed by atoms with Crippen molar-refractivity contribution >= 4 is 0 Å². The molecule has 0 saturated carbocycles. The lowest BCUT2D eigenvalue weighted by molar-refractivity contribution is 0.349. The van der Waals surface area contributed by atoms with Crippen LogP contribution >= 0.6 is 0 Å². The molecule has 0 spiro atoms. The van der Waals surface area contributed by atoms with E-state index in [0.717, 1.165) is 0 Å². The van der Waals surface area contributed by atoms with E-state index in [9.17, 15) is 0 Å². The Bertz CT molecular complexity index is 583. The first-order valence-corrected chi connectivity index (χ1v) is 6.06. The average Bonchev–Trinajstić information content (AvgIpc) is 2.94. The van der Waals surface area contributed by atoms with Crippen molar-refractivity contribution in [2.24, 2.45) is 5.73 Å². The van der Waals surface area contributed by atoms with E-state index in [0.29, 0.717) is 47.6 Å². The molecule has 0 amide bonds. The highest BCUT2D eigenvalue weighted by molar-refractivity contribution is 5.68. The average molecular weight is 279 g/mol. The van der Waals surface area contributed by atoms with Crippen LogP contribution in [-0.4, -0.2) is 38.1 Å². The van der Waals surface area contributed by atoms with E-state index in [2.05, 4.69) is 10.2 Å². The van der Waals surface area contributed by atoms with Gasteiger partial charge in [-0.3, -0.25) is 0 Å². The summed E-state index contributed by atoms with van der Waals surface area (Å²) in [6.07, 6.45) is 0.530. The monoisotopic (exact) mass is 279 g/mol. The van der Waals surface area contributed by atoms with Crippen molar-refractivity contribution in [2.75, 3.05) is 27.9 Å². The molecule has 2 N–H and O–H groups in total. The van der Waals surface area contributed by atoms with Gasteiger partial charge in [-0.25, -0.2) is 0 Å². The molecule has 1 aromatic heterocycles. The predicted molar refractivity (Wildman–Crippen MR) is 72.1 cm³/mol. The molecular weight excluding hydrogens is 262 g/mol. The zero-order valence-electron chi connectivity index (χ0n) is 11.7. The summed E-state index contributed by atoms with van der Waals surface area (Å²) in [6, 6.07) is 3.44. The van der Waals surface area contributed by atoms with Gasteiger partial charge in [0, 0.05) is 25.1 Å². The lowest BCUT2D eigenvalue weighted by atomic mass is 10.1. The first kappa shape index (κ1) is 14.1. The molecule has 7 nitrogen and oxygen atoms in total. The molecule has 1 heterocycles. The van der Waals surface area contributed by atoms with Crippen LogP contribution in [0, 0.1) is 0 Å². The number of rotatable bonds is 6. The molecular formula is C13H17N3O4. The van der Waals surface area contributed by atoms with Crippen molar-refractivity contribution in [3.05, 3.63) is 18.0 Å². The van der Waals surface area contributed by atoms with Crippen LogP contribution in [0.25, 0.3) is 11.5 Å². The van der Waals surface area contributed by atoms with Gasteiger partial charge in [-0.1, -0.05) is 0 Å². The van der Waals surface area contributed by atoms with Crippen LogP contribution in [0.4, 0.5) is 0 Å². The molecule has 0 aliphatic carbocycles. The first-order chi connectivity index (χ1) is 9.73. The number of nitrogens with zero attached hydrogens (tertiary/aromatic N) is 2. The maximum Gasteiger partial charge on any atom is 0.251 e. The van der Waals surface area contributed by atoms with E-state index in [1.54, 1.807) is 33.5 Å². The van der Waals surface area contributed by atoms with Gasteiger partial charge in [-0.05, 0) is 0 Å². The van der Waals surface area contributed by atoms with Gasteiger partial charge in [0.1, 0.15) is 5.75 Å². The Labute approximate surface area is 116 Å². The fourth-order valence-corrected chi connectivity index (χ4v) is 1.78. The minimum absolute atomic E-state index is 0.353. The number of methoxy groups -OCH3 is 3. The molecule has 1 aromatic carbocycles. The molecule has 0 aliphatic heterocycles. The topological polar surface area (TPSA) is 92.6 Å². The summed E-state index contributed by atoms with van der Waals surface area (Å²) in [6.45, 7) is 0.449. The van der Waals surface area contributed by atoms with Crippen LogP contribution < -0.4 is 19.9 Å². The summed E-state index contributed by atoms with van der Waals surface area (Å²) in [7, 11) is 4.67. The molecule has 0 atom stereocenters. The molecule has 2 aromatic rings. The minimum atomic E-state index is 0.353. The number of nitrogens with two attached hydrogens (primary N) is 1. The van der Waals surface area contributed by atoms with Gasteiger partial charge in [0.05, 0.1) is 26.9 Å². The number of hydrogen-bond acceptors (Lipinski definition) is 7. The highest BCUT2D eigenvalue weighted by Gasteiger charge is 2.18. The molecule has 0 radical (unpaired) electrons. The largest absolute Gasteiger partial charge is 0.496 e. The Morgan fingerprint density at radius 2 is 1.65 bits per heavy atom. The smallest absolute Gasteiger partial charge is 0.251 e. The highest BCUT2D eigenvalue weighted by atomic mass is 16.5. The summed E-state index contributed by atoms with van der Waals surface area (Å²) < 4.78 is 21.4. The van der Waals surface area contributed by atoms with Gasteiger partial charge in [0.25, 0.3) is 5.89 Å². The molecule has 0 saturated heterocycles. The Hall–Kier alpha value is -2.28. The third kappa shape index (κ3) is 2.67. The van der Waals surface area contributed by atoms with Gasteiger partial charge >= 0.3 is 0 Å².